The average Bonchev–Trinajstić information content (AvgIpc) is 2.80. The molecule has 0 radical (unpaired) electrons. The van der Waals surface area contributed by atoms with Crippen molar-refractivity contribution < 1.29 is 28.5 Å². The van der Waals surface area contributed by atoms with E-state index in [1.165, 1.54) is 0 Å². The maximum atomic E-state index is 12.9. The van der Waals surface area contributed by atoms with Crippen molar-refractivity contribution in [1.29, 1.82) is 0 Å². The SMILES string of the molecule is Cc1cccc(OCCOC(=O)C2(C(=O)OCCOc3cccc(C)c3)CCCCC2)c1. The van der Waals surface area contributed by atoms with Gasteiger partial charge in [-0.25, -0.2) is 0 Å². The minimum absolute atomic E-state index is 0.0816. The van der Waals surface area contributed by atoms with Crippen LogP contribution in [0.5, 0.6) is 11.5 Å². The standard InChI is InChI=1S/C26H32O6/c1-20-8-6-10-22(18-20)29-14-16-31-24(27)26(12-4-3-5-13-26)25(28)32-17-15-30-23-11-7-9-21(2)19-23/h6-11,18-19H,3-5,12-17H2,1-2H3. The molecular formula is C26H32O6. The van der Waals surface area contributed by atoms with E-state index in [0.29, 0.717) is 12.8 Å². The molecule has 0 unspecified atom stereocenters. The molecule has 2 aromatic rings. The van der Waals surface area contributed by atoms with Gasteiger partial charge in [-0.1, -0.05) is 43.5 Å². The van der Waals surface area contributed by atoms with E-state index in [2.05, 4.69) is 0 Å². The van der Waals surface area contributed by atoms with Crippen LogP contribution < -0.4 is 9.47 Å². The zero-order valence-electron chi connectivity index (χ0n) is 18.9. The van der Waals surface area contributed by atoms with E-state index in [1.807, 2.05) is 62.4 Å². The van der Waals surface area contributed by atoms with Crippen molar-refractivity contribution in [3.8, 4) is 11.5 Å². The highest BCUT2D eigenvalue weighted by molar-refractivity contribution is 6.00. The van der Waals surface area contributed by atoms with Crippen LogP contribution in [-0.4, -0.2) is 38.4 Å². The van der Waals surface area contributed by atoms with E-state index in [4.69, 9.17) is 18.9 Å². The lowest BCUT2D eigenvalue weighted by molar-refractivity contribution is -0.176. The van der Waals surface area contributed by atoms with Crippen LogP contribution in [0.2, 0.25) is 0 Å². The molecule has 2 aromatic carbocycles. The van der Waals surface area contributed by atoms with Gasteiger partial charge in [-0.2, -0.15) is 0 Å². The molecule has 1 aliphatic carbocycles. The predicted molar refractivity (Wildman–Crippen MR) is 121 cm³/mol. The smallest absolute Gasteiger partial charge is 0.323 e. The van der Waals surface area contributed by atoms with Crippen molar-refractivity contribution >= 4 is 11.9 Å². The largest absolute Gasteiger partial charge is 0.490 e. The van der Waals surface area contributed by atoms with Gasteiger partial charge in [0.05, 0.1) is 0 Å². The summed E-state index contributed by atoms with van der Waals surface area (Å²) in [4.78, 5) is 25.8. The molecule has 3 rings (SSSR count). The highest BCUT2D eigenvalue weighted by Crippen LogP contribution is 2.38. The molecule has 0 atom stereocenters. The molecule has 32 heavy (non-hydrogen) atoms. The molecule has 0 amide bonds. The van der Waals surface area contributed by atoms with Crippen molar-refractivity contribution in [2.24, 2.45) is 5.41 Å². The Balaban J connectivity index is 1.48. The van der Waals surface area contributed by atoms with Gasteiger partial charge in [0.2, 0.25) is 0 Å². The first-order valence-corrected chi connectivity index (χ1v) is 11.2. The van der Waals surface area contributed by atoms with Crippen molar-refractivity contribution in [2.75, 3.05) is 26.4 Å². The van der Waals surface area contributed by atoms with Crippen molar-refractivity contribution in [1.82, 2.24) is 0 Å². The third-order valence-electron chi connectivity index (χ3n) is 5.64. The van der Waals surface area contributed by atoms with Gasteiger partial charge in [0.1, 0.15) is 37.9 Å². The summed E-state index contributed by atoms with van der Waals surface area (Å²) >= 11 is 0. The summed E-state index contributed by atoms with van der Waals surface area (Å²) < 4.78 is 22.2. The molecule has 0 aromatic heterocycles. The summed E-state index contributed by atoms with van der Waals surface area (Å²) in [6.45, 7) is 4.58. The van der Waals surface area contributed by atoms with E-state index < -0.39 is 17.4 Å². The minimum Gasteiger partial charge on any atom is -0.490 e. The molecule has 0 saturated heterocycles. The predicted octanol–water partition coefficient (Wildman–Crippen LogP) is 4.80. The van der Waals surface area contributed by atoms with E-state index in [9.17, 15) is 9.59 Å². The summed E-state index contributed by atoms with van der Waals surface area (Å²) in [6, 6.07) is 15.3. The van der Waals surface area contributed by atoms with E-state index in [1.54, 1.807) is 0 Å². The zero-order valence-corrected chi connectivity index (χ0v) is 18.9. The number of esters is 2. The number of rotatable bonds is 10. The fraction of sp³-hybridized carbons (Fsp3) is 0.462. The van der Waals surface area contributed by atoms with Gasteiger partial charge in [0, 0.05) is 0 Å². The summed E-state index contributed by atoms with van der Waals surface area (Å²) in [5.41, 5.74) is 0.954. The Bertz CT molecular complexity index is 833. The Hall–Kier alpha value is -3.02. The second-order valence-electron chi connectivity index (χ2n) is 8.24. The minimum atomic E-state index is -1.23. The maximum absolute atomic E-state index is 12.9. The molecule has 6 nitrogen and oxygen atoms in total. The first kappa shape index (κ1) is 23.6. The Kier molecular flexibility index (Phi) is 8.54. The van der Waals surface area contributed by atoms with Crippen molar-refractivity contribution in [3.63, 3.8) is 0 Å². The third-order valence-corrected chi connectivity index (χ3v) is 5.64. The van der Waals surface area contributed by atoms with Crippen LogP contribution in [0.25, 0.3) is 0 Å². The van der Waals surface area contributed by atoms with E-state index >= 15 is 0 Å². The molecule has 1 saturated carbocycles. The molecule has 1 fully saturated rings. The molecule has 0 bridgehead atoms. The topological polar surface area (TPSA) is 71.1 Å². The lowest BCUT2D eigenvalue weighted by atomic mass is 9.74. The van der Waals surface area contributed by atoms with Gasteiger partial charge in [0.25, 0.3) is 0 Å². The number of hydrogen-bond acceptors (Lipinski definition) is 6. The molecule has 172 valence electrons. The Labute approximate surface area is 189 Å². The first-order valence-electron chi connectivity index (χ1n) is 11.2. The second kappa shape index (κ2) is 11.6. The number of ether oxygens (including phenoxy) is 4. The van der Waals surface area contributed by atoms with Gasteiger partial charge in [-0.3, -0.25) is 9.59 Å². The van der Waals surface area contributed by atoms with E-state index in [-0.39, 0.29) is 26.4 Å². The summed E-state index contributed by atoms with van der Waals surface area (Å²) in [7, 11) is 0. The number of carbonyl (C=O) groups is 2. The third kappa shape index (κ3) is 6.49. The van der Waals surface area contributed by atoms with Crippen LogP contribution >= 0.6 is 0 Å². The average molecular weight is 441 g/mol. The highest BCUT2D eigenvalue weighted by atomic mass is 16.6. The van der Waals surface area contributed by atoms with Crippen LogP contribution in [0.15, 0.2) is 48.5 Å². The lowest BCUT2D eigenvalue weighted by Gasteiger charge is -2.32. The van der Waals surface area contributed by atoms with Gasteiger partial charge in [-0.05, 0) is 62.1 Å². The summed E-state index contributed by atoms with van der Waals surface area (Å²) in [6.07, 6.45) is 3.48. The normalized spacial score (nSPS) is 14.9. The Morgan fingerprint density at radius 3 is 1.62 bits per heavy atom. The first-order chi connectivity index (χ1) is 15.5. The molecule has 0 spiro atoms. The van der Waals surface area contributed by atoms with Gasteiger partial charge >= 0.3 is 11.9 Å². The lowest BCUT2D eigenvalue weighted by Crippen LogP contribution is -2.44. The molecule has 0 heterocycles. The van der Waals surface area contributed by atoms with Crippen molar-refractivity contribution in [3.05, 3.63) is 59.7 Å². The molecular weight excluding hydrogens is 408 g/mol. The van der Waals surface area contributed by atoms with Crippen LogP contribution in [0.3, 0.4) is 0 Å². The molecule has 0 N–H and O–H groups in total. The Morgan fingerprint density at radius 1 is 0.719 bits per heavy atom. The number of carbonyl (C=O) groups excluding carboxylic acids is 2. The molecule has 6 heteroatoms. The Morgan fingerprint density at radius 2 is 1.19 bits per heavy atom. The van der Waals surface area contributed by atoms with Gasteiger partial charge < -0.3 is 18.9 Å². The number of aryl methyl sites for hydroxylation is 2. The number of benzene rings is 2. The zero-order chi connectivity index (χ0) is 22.8. The van der Waals surface area contributed by atoms with Gasteiger partial charge in [-0.15, -0.1) is 0 Å². The van der Waals surface area contributed by atoms with Crippen LogP contribution in [0.1, 0.15) is 43.2 Å². The van der Waals surface area contributed by atoms with Crippen LogP contribution in [0, 0.1) is 19.3 Å². The summed E-state index contributed by atoms with van der Waals surface area (Å²) in [5.74, 6) is 0.409. The summed E-state index contributed by atoms with van der Waals surface area (Å²) in [5, 5.41) is 0. The fourth-order valence-corrected chi connectivity index (χ4v) is 3.92. The van der Waals surface area contributed by atoms with Crippen LogP contribution in [-0.2, 0) is 19.1 Å². The van der Waals surface area contributed by atoms with Gasteiger partial charge in [0.15, 0.2) is 5.41 Å². The quantitative estimate of drug-likeness (QED) is 0.300. The second-order valence-corrected chi connectivity index (χ2v) is 8.24. The maximum Gasteiger partial charge on any atom is 0.323 e. The fourth-order valence-electron chi connectivity index (χ4n) is 3.92. The molecule has 1 aliphatic rings. The monoisotopic (exact) mass is 440 g/mol. The van der Waals surface area contributed by atoms with E-state index in [0.717, 1.165) is 41.9 Å². The number of hydrogen-bond donors (Lipinski definition) is 0. The highest BCUT2D eigenvalue weighted by Gasteiger charge is 2.49. The van der Waals surface area contributed by atoms with Crippen LogP contribution in [0.4, 0.5) is 0 Å². The molecule has 0 aliphatic heterocycles. The van der Waals surface area contributed by atoms with Crippen molar-refractivity contribution in [2.45, 2.75) is 46.0 Å².